The van der Waals surface area contributed by atoms with Gasteiger partial charge < -0.3 is 5.32 Å². The highest BCUT2D eigenvalue weighted by Crippen LogP contribution is 2.23. The normalized spacial score (nSPS) is 10.8. The molecule has 0 saturated heterocycles. The van der Waals surface area contributed by atoms with E-state index in [0.29, 0.717) is 0 Å². The van der Waals surface area contributed by atoms with Gasteiger partial charge in [0.1, 0.15) is 11.4 Å². The van der Waals surface area contributed by atoms with Crippen molar-refractivity contribution < 1.29 is 4.63 Å². The largest absolute Gasteiger partial charge is 0.313 e. The number of benzene rings is 1. The molecule has 18 heavy (non-hydrogen) atoms. The van der Waals surface area contributed by atoms with E-state index < -0.39 is 0 Å². The molecule has 0 atom stereocenters. The van der Waals surface area contributed by atoms with E-state index in [1.807, 2.05) is 6.92 Å². The second-order valence-corrected chi connectivity index (χ2v) is 5.06. The Labute approximate surface area is 111 Å². The number of hydrogen-bond acceptors (Lipinski definition) is 5. The van der Waals surface area contributed by atoms with Gasteiger partial charge in [0, 0.05) is 17.2 Å². The summed E-state index contributed by atoms with van der Waals surface area (Å²) in [6, 6.07) is 8.54. The van der Waals surface area contributed by atoms with Crippen LogP contribution in [0, 0.1) is 6.92 Å². The highest BCUT2D eigenvalue weighted by atomic mass is 32.2. The minimum atomic E-state index is 0.792. The molecule has 1 heterocycles. The van der Waals surface area contributed by atoms with Gasteiger partial charge in [0.15, 0.2) is 0 Å². The molecule has 0 aliphatic carbocycles. The molecule has 0 amide bonds. The van der Waals surface area contributed by atoms with Gasteiger partial charge in [0.2, 0.25) is 0 Å². The molecule has 5 heteroatoms. The Morgan fingerprint density at radius 3 is 2.94 bits per heavy atom. The first-order chi connectivity index (χ1) is 8.79. The van der Waals surface area contributed by atoms with E-state index in [1.165, 1.54) is 10.5 Å². The van der Waals surface area contributed by atoms with E-state index >= 15 is 0 Å². The van der Waals surface area contributed by atoms with Crippen molar-refractivity contribution >= 4 is 11.8 Å². The predicted octanol–water partition coefficient (Wildman–Crippen LogP) is 2.78. The molecule has 1 N–H and O–H groups in total. The summed E-state index contributed by atoms with van der Waals surface area (Å²) in [4.78, 5) is 1.24. The van der Waals surface area contributed by atoms with Crippen LogP contribution in [0.25, 0.3) is 0 Å². The zero-order valence-corrected chi connectivity index (χ0v) is 11.5. The first-order valence-corrected chi connectivity index (χ1v) is 6.98. The number of aryl methyl sites for hydroxylation is 1. The lowest BCUT2D eigenvalue weighted by molar-refractivity contribution is 0.302. The molecule has 0 saturated carbocycles. The highest BCUT2D eigenvalue weighted by Gasteiger charge is 2.05. The quantitative estimate of drug-likeness (QED) is 0.812. The lowest BCUT2D eigenvalue weighted by Crippen LogP contribution is -2.11. The summed E-state index contributed by atoms with van der Waals surface area (Å²) >= 11 is 1.75. The molecule has 2 aromatic rings. The topological polar surface area (TPSA) is 51.0 Å². The average Bonchev–Trinajstić information content (AvgIpc) is 2.80. The minimum Gasteiger partial charge on any atom is -0.313 e. The van der Waals surface area contributed by atoms with E-state index in [0.717, 1.165) is 30.2 Å². The Bertz CT molecular complexity index is 498. The van der Waals surface area contributed by atoms with Crippen molar-refractivity contribution in [3.05, 3.63) is 41.2 Å². The summed E-state index contributed by atoms with van der Waals surface area (Å²) in [5, 5.41) is 11.0. The Morgan fingerprint density at radius 1 is 1.33 bits per heavy atom. The van der Waals surface area contributed by atoms with Gasteiger partial charge in [-0.05, 0) is 31.2 Å². The van der Waals surface area contributed by atoms with Gasteiger partial charge in [0.05, 0.1) is 0 Å². The van der Waals surface area contributed by atoms with Crippen molar-refractivity contribution in [2.75, 3.05) is 6.54 Å². The van der Waals surface area contributed by atoms with Crippen LogP contribution in [-0.4, -0.2) is 16.9 Å². The molecule has 1 aromatic carbocycles. The fraction of sp³-hybridized carbons (Fsp3) is 0.385. The molecule has 4 nitrogen and oxygen atoms in total. The third-order valence-electron chi connectivity index (χ3n) is 2.60. The van der Waals surface area contributed by atoms with Crippen LogP contribution in [0.15, 0.2) is 33.8 Å². The van der Waals surface area contributed by atoms with Crippen molar-refractivity contribution in [1.29, 1.82) is 0 Å². The summed E-state index contributed by atoms with van der Waals surface area (Å²) in [5.74, 6) is 0.792. The van der Waals surface area contributed by atoms with Gasteiger partial charge in [-0.1, -0.05) is 29.4 Å². The maximum absolute atomic E-state index is 4.69. The number of aromatic nitrogens is 2. The van der Waals surface area contributed by atoms with E-state index in [-0.39, 0.29) is 0 Å². The van der Waals surface area contributed by atoms with E-state index in [2.05, 4.69) is 51.4 Å². The molecule has 0 bridgehead atoms. The fourth-order valence-electron chi connectivity index (χ4n) is 1.55. The number of nitrogens with one attached hydrogen (secondary N) is 1. The van der Waals surface area contributed by atoms with Gasteiger partial charge in [0.25, 0.3) is 0 Å². The molecule has 0 aliphatic rings. The first-order valence-electron chi connectivity index (χ1n) is 6.00. The van der Waals surface area contributed by atoms with Gasteiger partial charge in [-0.25, -0.2) is 4.63 Å². The Kier molecular flexibility index (Phi) is 4.78. The summed E-state index contributed by atoms with van der Waals surface area (Å²) in [6.45, 7) is 5.92. The van der Waals surface area contributed by atoms with Crippen molar-refractivity contribution in [1.82, 2.24) is 15.6 Å². The van der Waals surface area contributed by atoms with E-state index in [4.69, 9.17) is 0 Å². The molecule has 96 valence electrons. The van der Waals surface area contributed by atoms with Crippen LogP contribution in [0.2, 0.25) is 0 Å². The minimum absolute atomic E-state index is 0.792. The standard InChI is InChI=1S/C13H17N3OS/c1-3-14-8-11-5-4-6-12(7-11)18-9-13-10(2)15-17-16-13/h4-7,14H,3,8-9H2,1-2H3. The van der Waals surface area contributed by atoms with Crippen molar-refractivity contribution in [3.8, 4) is 0 Å². The van der Waals surface area contributed by atoms with Crippen LogP contribution in [0.3, 0.4) is 0 Å². The summed E-state index contributed by atoms with van der Waals surface area (Å²) < 4.78 is 4.69. The molecular formula is C13H17N3OS. The summed E-state index contributed by atoms with van der Waals surface area (Å²) in [5.41, 5.74) is 3.08. The molecule has 0 fully saturated rings. The SMILES string of the molecule is CCNCc1cccc(SCc2nonc2C)c1. The maximum atomic E-state index is 4.69. The molecule has 1 aromatic heterocycles. The Hall–Kier alpha value is -1.33. The van der Waals surface area contributed by atoms with Crippen molar-refractivity contribution in [3.63, 3.8) is 0 Å². The predicted molar refractivity (Wildman–Crippen MR) is 72.4 cm³/mol. The van der Waals surface area contributed by atoms with E-state index in [1.54, 1.807) is 11.8 Å². The van der Waals surface area contributed by atoms with Crippen LogP contribution < -0.4 is 5.32 Å². The van der Waals surface area contributed by atoms with Crippen LogP contribution in [0.4, 0.5) is 0 Å². The first kappa shape index (κ1) is 13.1. The Morgan fingerprint density at radius 2 is 2.22 bits per heavy atom. The molecule has 0 aliphatic heterocycles. The van der Waals surface area contributed by atoms with Gasteiger partial charge in [-0.2, -0.15) is 0 Å². The monoisotopic (exact) mass is 263 g/mol. The number of nitrogens with zero attached hydrogens (tertiary/aromatic N) is 2. The lowest BCUT2D eigenvalue weighted by Gasteiger charge is -2.05. The van der Waals surface area contributed by atoms with Gasteiger partial charge in [-0.15, -0.1) is 11.8 Å². The third kappa shape index (κ3) is 3.58. The van der Waals surface area contributed by atoms with Gasteiger partial charge in [-0.3, -0.25) is 0 Å². The van der Waals surface area contributed by atoms with Crippen LogP contribution in [-0.2, 0) is 12.3 Å². The van der Waals surface area contributed by atoms with Crippen LogP contribution >= 0.6 is 11.8 Å². The third-order valence-corrected chi connectivity index (χ3v) is 3.60. The second-order valence-electron chi connectivity index (χ2n) is 4.01. The smallest absolute Gasteiger partial charge is 0.118 e. The number of hydrogen-bond donors (Lipinski definition) is 1. The molecular weight excluding hydrogens is 246 g/mol. The zero-order chi connectivity index (χ0) is 12.8. The Balaban J connectivity index is 1.95. The highest BCUT2D eigenvalue weighted by molar-refractivity contribution is 7.98. The van der Waals surface area contributed by atoms with Crippen molar-refractivity contribution in [2.45, 2.75) is 31.0 Å². The average molecular weight is 263 g/mol. The zero-order valence-electron chi connectivity index (χ0n) is 10.6. The molecule has 0 radical (unpaired) electrons. The molecule has 0 spiro atoms. The number of thioether (sulfide) groups is 1. The summed E-state index contributed by atoms with van der Waals surface area (Å²) in [7, 11) is 0. The maximum Gasteiger partial charge on any atom is 0.118 e. The van der Waals surface area contributed by atoms with Gasteiger partial charge >= 0.3 is 0 Å². The van der Waals surface area contributed by atoms with Crippen LogP contribution in [0.5, 0.6) is 0 Å². The summed E-state index contributed by atoms with van der Waals surface area (Å²) in [6.07, 6.45) is 0. The van der Waals surface area contributed by atoms with Crippen molar-refractivity contribution in [2.24, 2.45) is 0 Å². The molecule has 0 unspecified atom stereocenters. The number of rotatable bonds is 6. The second kappa shape index (κ2) is 6.56. The van der Waals surface area contributed by atoms with Crippen LogP contribution in [0.1, 0.15) is 23.9 Å². The fourth-order valence-corrected chi connectivity index (χ4v) is 2.52. The lowest BCUT2D eigenvalue weighted by atomic mass is 10.2. The molecule has 2 rings (SSSR count). The van der Waals surface area contributed by atoms with E-state index in [9.17, 15) is 0 Å².